The van der Waals surface area contributed by atoms with Crippen molar-refractivity contribution in [3.63, 3.8) is 0 Å². The van der Waals surface area contributed by atoms with Crippen LogP contribution >= 0.6 is 0 Å². The largest absolute Gasteiger partial charge is 0.314 e. The SMILES string of the molecule is Cc1nnc(CC2CCCN2)n1C1CC1. The van der Waals surface area contributed by atoms with Crippen molar-refractivity contribution in [1.82, 2.24) is 20.1 Å². The van der Waals surface area contributed by atoms with E-state index >= 15 is 0 Å². The Hall–Kier alpha value is -0.900. The Bertz CT molecular complexity index is 347. The Morgan fingerprint density at radius 3 is 2.87 bits per heavy atom. The zero-order valence-corrected chi connectivity index (χ0v) is 9.24. The number of aromatic nitrogens is 3. The highest BCUT2D eigenvalue weighted by atomic mass is 15.3. The van der Waals surface area contributed by atoms with Gasteiger partial charge in [0.2, 0.25) is 0 Å². The van der Waals surface area contributed by atoms with Gasteiger partial charge in [-0.25, -0.2) is 0 Å². The second-order valence-electron chi connectivity index (χ2n) is 4.76. The molecule has 4 heteroatoms. The maximum Gasteiger partial charge on any atom is 0.134 e. The second kappa shape index (κ2) is 3.59. The highest BCUT2D eigenvalue weighted by molar-refractivity contribution is 5.03. The molecule has 0 spiro atoms. The number of aryl methyl sites for hydroxylation is 1. The molecular weight excluding hydrogens is 188 g/mol. The Labute approximate surface area is 90.1 Å². The van der Waals surface area contributed by atoms with Crippen LogP contribution in [0.25, 0.3) is 0 Å². The van der Waals surface area contributed by atoms with Gasteiger partial charge < -0.3 is 9.88 Å². The van der Waals surface area contributed by atoms with Crippen LogP contribution in [0.3, 0.4) is 0 Å². The molecule has 2 heterocycles. The van der Waals surface area contributed by atoms with Gasteiger partial charge in [0, 0.05) is 18.5 Å². The van der Waals surface area contributed by atoms with Crippen LogP contribution in [0.5, 0.6) is 0 Å². The first-order chi connectivity index (χ1) is 7.34. The molecule has 1 aromatic heterocycles. The minimum atomic E-state index is 0.631. The van der Waals surface area contributed by atoms with Gasteiger partial charge in [-0.1, -0.05) is 0 Å². The van der Waals surface area contributed by atoms with E-state index in [0.29, 0.717) is 12.1 Å². The maximum absolute atomic E-state index is 4.31. The van der Waals surface area contributed by atoms with Crippen molar-refractivity contribution in [3.8, 4) is 0 Å². The highest BCUT2D eigenvalue weighted by Gasteiger charge is 2.29. The van der Waals surface area contributed by atoms with Crippen molar-refractivity contribution >= 4 is 0 Å². The molecule has 0 aromatic carbocycles. The maximum atomic E-state index is 4.31. The zero-order chi connectivity index (χ0) is 10.3. The summed E-state index contributed by atoms with van der Waals surface area (Å²) in [4.78, 5) is 0. The van der Waals surface area contributed by atoms with Gasteiger partial charge in [-0.3, -0.25) is 0 Å². The van der Waals surface area contributed by atoms with E-state index in [-0.39, 0.29) is 0 Å². The van der Waals surface area contributed by atoms with Crippen LogP contribution in [-0.4, -0.2) is 27.4 Å². The lowest BCUT2D eigenvalue weighted by atomic mass is 10.1. The van der Waals surface area contributed by atoms with Gasteiger partial charge in [0.25, 0.3) is 0 Å². The highest BCUT2D eigenvalue weighted by Crippen LogP contribution is 2.36. The smallest absolute Gasteiger partial charge is 0.134 e. The van der Waals surface area contributed by atoms with Crippen LogP contribution in [0.1, 0.15) is 43.4 Å². The van der Waals surface area contributed by atoms with Crippen LogP contribution in [0.4, 0.5) is 0 Å². The molecule has 0 bridgehead atoms. The van der Waals surface area contributed by atoms with E-state index in [1.807, 2.05) is 0 Å². The van der Waals surface area contributed by atoms with E-state index in [1.54, 1.807) is 0 Å². The summed E-state index contributed by atoms with van der Waals surface area (Å²) in [6.07, 6.45) is 6.27. The van der Waals surface area contributed by atoms with Crippen LogP contribution in [0, 0.1) is 6.92 Å². The third kappa shape index (κ3) is 1.78. The van der Waals surface area contributed by atoms with Crippen molar-refractivity contribution in [2.75, 3.05) is 6.54 Å². The monoisotopic (exact) mass is 206 g/mol. The van der Waals surface area contributed by atoms with Crippen LogP contribution in [-0.2, 0) is 6.42 Å². The predicted octanol–water partition coefficient (Wildman–Crippen LogP) is 1.22. The molecule has 1 aromatic rings. The lowest BCUT2D eigenvalue weighted by Crippen LogP contribution is -2.25. The fourth-order valence-corrected chi connectivity index (χ4v) is 2.51. The predicted molar refractivity (Wildman–Crippen MR) is 57.8 cm³/mol. The lowest BCUT2D eigenvalue weighted by molar-refractivity contribution is 0.554. The summed E-state index contributed by atoms with van der Waals surface area (Å²) in [5, 5.41) is 12.0. The molecular formula is C11H18N4. The molecule has 1 saturated carbocycles. The van der Waals surface area contributed by atoms with E-state index in [2.05, 4.69) is 27.0 Å². The molecule has 1 N–H and O–H groups in total. The molecule has 4 nitrogen and oxygen atoms in total. The molecule has 1 atom stereocenters. The van der Waals surface area contributed by atoms with Crippen molar-refractivity contribution in [1.29, 1.82) is 0 Å². The molecule has 82 valence electrons. The topological polar surface area (TPSA) is 42.7 Å². The Balaban J connectivity index is 1.78. The number of hydrogen-bond acceptors (Lipinski definition) is 3. The summed E-state index contributed by atoms with van der Waals surface area (Å²) in [5.74, 6) is 2.28. The summed E-state index contributed by atoms with van der Waals surface area (Å²) >= 11 is 0. The third-order valence-corrected chi connectivity index (χ3v) is 3.44. The number of hydrogen-bond donors (Lipinski definition) is 1. The fourth-order valence-electron chi connectivity index (χ4n) is 2.51. The molecule has 1 saturated heterocycles. The molecule has 15 heavy (non-hydrogen) atoms. The Kier molecular flexibility index (Phi) is 2.24. The third-order valence-electron chi connectivity index (χ3n) is 3.44. The Morgan fingerprint density at radius 1 is 1.33 bits per heavy atom. The van der Waals surface area contributed by atoms with Gasteiger partial charge in [-0.2, -0.15) is 0 Å². The summed E-state index contributed by atoms with van der Waals surface area (Å²) in [7, 11) is 0. The van der Waals surface area contributed by atoms with E-state index in [0.717, 1.165) is 12.2 Å². The number of nitrogens with zero attached hydrogens (tertiary/aromatic N) is 3. The average molecular weight is 206 g/mol. The van der Waals surface area contributed by atoms with Crippen LogP contribution in [0.2, 0.25) is 0 Å². The molecule has 1 aliphatic heterocycles. The Morgan fingerprint density at radius 2 is 2.20 bits per heavy atom. The van der Waals surface area contributed by atoms with E-state index in [9.17, 15) is 0 Å². The van der Waals surface area contributed by atoms with Gasteiger partial charge in [0.05, 0.1) is 0 Å². The minimum Gasteiger partial charge on any atom is -0.314 e. The van der Waals surface area contributed by atoms with E-state index in [4.69, 9.17) is 0 Å². The molecule has 2 fully saturated rings. The summed E-state index contributed by atoms with van der Waals surface area (Å²) in [6.45, 7) is 3.23. The lowest BCUT2D eigenvalue weighted by Gasteiger charge is -2.11. The molecule has 2 aliphatic rings. The number of nitrogens with one attached hydrogen (secondary N) is 1. The average Bonchev–Trinajstić information content (AvgIpc) is 2.80. The van der Waals surface area contributed by atoms with Gasteiger partial charge in [-0.05, 0) is 39.2 Å². The zero-order valence-electron chi connectivity index (χ0n) is 9.24. The van der Waals surface area contributed by atoms with Gasteiger partial charge in [0.15, 0.2) is 0 Å². The fraction of sp³-hybridized carbons (Fsp3) is 0.818. The van der Waals surface area contributed by atoms with Gasteiger partial charge in [-0.15, -0.1) is 10.2 Å². The van der Waals surface area contributed by atoms with Crippen LogP contribution < -0.4 is 5.32 Å². The van der Waals surface area contributed by atoms with Crippen molar-refractivity contribution in [2.24, 2.45) is 0 Å². The standard InChI is InChI=1S/C11H18N4/c1-8-13-14-11(15(8)10-4-5-10)7-9-3-2-6-12-9/h9-10,12H,2-7H2,1H3. The summed E-state index contributed by atoms with van der Waals surface area (Å²) in [6, 6.07) is 1.34. The van der Waals surface area contributed by atoms with Gasteiger partial charge >= 0.3 is 0 Å². The first-order valence-electron chi connectivity index (χ1n) is 5.98. The minimum absolute atomic E-state index is 0.631. The molecule has 0 amide bonds. The summed E-state index contributed by atoms with van der Waals surface area (Å²) in [5.41, 5.74) is 0. The quantitative estimate of drug-likeness (QED) is 0.808. The van der Waals surface area contributed by atoms with E-state index in [1.165, 1.54) is 38.1 Å². The van der Waals surface area contributed by atoms with Crippen LogP contribution in [0.15, 0.2) is 0 Å². The first-order valence-corrected chi connectivity index (χ1v) is 5.98. The molecule has 1 unspecified atom stereocenters. The molecule has 0 radical (unpaired) electrons. The van der Waals surface area contributed by atoms with Crippen molar-refractivity contribution in [3.05, 3.63) is 11.6 Å². The normalized spacial score (nSPS) is 26.1. The van der Waals surface area contributed by atoms with E-state index < -0.39 is 0 Å². The first kappa shape index (κ1) is 9.33. The second-order valence-corrected chi connectivity index (χ2v) is 4.76. The summed E-state index contributed by atoms with van der Waals surface area (Å²) < 4.78 is 2.35. The van der Waals surface area contributed by atoms with Gasteiger partial charge in [0.1, 0.15) is 11.6 Å². The van der Waals surface area contributed by atoms with Crippen molar-refractivity contribution < 1.29 is 0 Å². The molecule has 1 aliphatic carbocycles. The van der Waals surface area contributed by atoms with Crippen molar-refractivity contribution in [2.45, 2.75) is 51.1 Å². The number of rotatable bonds is 3. The molecule has 3 rings (SSSR count).